The number of esters is 1. The maximum absolute atomic E-state index is 12.1. The normalized spacial score (nSPS) is 12.5. The van der Waals surface area contributed by atoms with Gasteiger partial charge in [0.05, 0.1) is 4.92 Å². The van der Waals surface area contributed by atoms with E-state index in [0.717, 1.165) is 19.3 Å². The summed E-state index contributed by atoms with van der Waals surface area (Å²) in [5.41, 5.74) is 6.12. The first-order chi connectivity index (χ1) is 15.2. The summed E-state index contributed by atoms with van der Waals surface area (Å²) in [6, 6.07) is 5.57. The van der Waals surface area contributed by atoms with Crippen molar-refractivity contribution in [3.8, 4) is 5.75 Å². The lowest BCUT2D eigenvalue weighted by Gasteiger charge is -2.31. The summed E-state index contributed by atoms with van der Waals surface area (Å²) in [5.74, 6) is 0.400. The van der Waals surface area contributed by atoms with Crippen molar-refractivity contribution < 1.29 is 14.5 Å². The Balaban J connectivity index is 2.23. The third-order valence-electron chi connectivity index (χ3n) is 6.17. The number of nitrogens with two attached hydrogens (primary N) is 1. The van der Waals surface area contributed by atoms with E-state index < -0.39 is 4.92 Å². The maximum atomic E-state index is 12.1. The lowest BCUT2D eigenvalue weighted by Crippen LogP contribution is -2.41. The number of hydrogen-bond acceptors (Lipinski definition) is 5. The van der Waals surface area contributed by atoms with Crippen LogP contribution in [-0.4, -0.2) is 16.4 Å². The van der Waals surface area contributed by atoms with Gasteiger partial charge >= 0.3 is 5.97 Å². The summed E-state index contributed by atoms with van der Waals surface area (Å²) in [7, 11) is 0. The van der Waals surface area contributed by atoms with Crippen LogP contribution in [0.4, 0.5) is 5.69 Å². The van der Waals surface area contributed by atoms with Crippen molar-refractivity contribution in [2.45, 2.75) is 116 Å². The zero-order valence-corrected chi connectivity index (χ0v) is 20.4. The summed E-state index contributed by atoms with van der Waals surface area (Å²) in [4.78, 5) is 22.3. The Morgan fingerprint density at radius 3 is 1.94 bits per heavy atom. The van der Waals surface area contributed by atoms with Crippen LogP contribution < -0.4 is 10.5 Å². The number of unbranched alkanes of at least 4 members (excludes halogenated alkanes) is 9. The molecule has 0 aliphatic carbocycles. The van der Waals surface area contributed by atoms with E-state index in [-0.39, 0.29) is 17.2 Å². The lowest BCUT2D eigenvalue weighted by atomic mass is 9.81. The Morgan fingerprint density at radius 2 is 1.44 bits per heavy atom. The average molecular weight is 449 g/mol. The number of nitrogens with zero attached hydrogens (tertiary/aromatic N) is 1. The van der Waals surface area contributed by atoms with E-state index in [1.807, 2.05) is 0 Å². The lowest BCUT2D eigenvalue weighted by molar-refractivity contribution is -0.384. The molecule has 0 saturated heterocycles. The van der Waals surface area contributed by atoms with Crippen molar-refractivity contribution in [1.82, 2.24) is 0 Å². The molecule has 0 amide bonds. The first-order valence-electron chi connectivity index (χ1n) is 12.5. The topological polar surface area (TPSA) is 95.5 Å². The molecule has 6 nitrogen and oxygen atoms in total. The molecule has 0 fully saturated rings. The van der Waals surface area contributed by atoms with Gasteiger partial charge < -0.3 is 10.5 Å². The Bertz CT molecular complexity index is 653. The largest absolute Gasteiger partial charge is 0.427 e. The minimum Gasteiger partial charge on any atom is -0.427 e. The molecule has 2 N–H and O–H groups in total. The standard InChI is InChI=1S/C26H44N2O4/c1-4-5-6-7-8-9-10-11-12-13-15-22(26(2,3)27)16-14-17-25(29)32-24-20-18-23(19-21-24)28(30)31/h18-22H,4-17,27H2,1-3H3. The van der Waals surface area contributed by atoms with Gasteiger partial charge in [-0.3, -0.25) is 14.9 Å². The molecule has 6 heteroatoms. The van der Waals surface area contributed by atoms with E-state index in [2.05, 4.69) is 20.8 Å². The van der Waals surface area contributed by atoms with E-state index in [0.29, 0.717) is 18.1 Å². The van der Waals surface area contributed by atoms with E-state index in [1.165, 1.54) is 88.5 Å². The van der Waals surface area contributed by atoms with Gasteiger partial charge in [0.15, 0.2) is 0 Å². The molecular formula is C26H44N2O4. The molecule has 0 aliphatic heterocycles. The molecule has 32 heavy (non-hydrogen) atoms. The van der Waals surface area contributed by atoms with Gasteiger partial charge in [-0.05, 0) is 51.2 Å². The molecule has 0 aliphatic rings. The third-order valence-corrected chi connectivity index (χ3v) is 6.17. The molecule has 1 rings (SSSR count). The molecule has 182 valence electrons. The zero-order valence-electron chi connectivity index (χ0n) is 20.4. The summed E-state index contributed by atoms with van der Waals surface area (Å²) < 4.78 is 5.29. The molecule has 1 aromatic carbocycles. The quantitative estimate of drug-likeness (QED) is 0.0833. The molecule has 0 aromatic heterocycles. The van der Waals surface area contributed by atoms with Gasteiger partial charge in [0.2, 0.25) is 0 Å². The van der Waals surface area contributed by atoms with E-state index in [4.69, 9.17) is 10.5 Å². The molecule has 0 saturated carbocycles. The van der Waals surface area contributed by atoms with Crippen LogP contribution in [0.1, 0.15) is 111 Å². The minimum atomic E-state index is -0.477. The summed E-state index contributed by atoms with van der Waals surface area (Å²) in [5, 5.41) is 10.7. The van der Waals surface area contributed by atoms with Crippen molar-refractivity contribution in [3.63, 3.8) is 0 Å². The van der Waals surface area contributed by atoms with Gasteiger partial charge in [-0.1, -0.05) is 71.1 Å². The highest BCUT2D eigenvalue weighted by molar-refractivity contribution is 5.72. The number of nitro groups is 1. The van der Waals surface area contributed by atoms with E-state index in [9.17, 15) is 14.9 Å². The van der Waals surface area contributed by atoms with Gasteiger partial charge in [0.1, 0.15) is 5.75 Å². The first kappa shape index (κ1) is 28.1. The first-order valence-corrected chi connectivity index (χ1v) is 12.5. The zero-order chi connectivity index (χ0) is 23.8. The van der Waals surface area contributed by atoms with Crippen molar-refractivity contribution in [2.75, 3.05) is 0 Å². The summed E-state index contributed by atoms with van der Waals surface area (Å²) in [6.45, 7) is 6.40. The Labute approximate surface area is 194 Å². The number of rotatable bonds is 18. The molecular weight excluding hydrogens is 404 g/mol. The van der Waals surface area contributed by atoms with Crippen molar-refractivity contribution in [2.24, 2.45) is 11.7 Å². The second-order valence-corrected chi connectivity index (χ2v) is 9.61. The SMILES string of the molecule is CCCCCCCCCCCCC(CCCC(=O)Oc1ccc([N+](=O)[O-])cc1)C(C)(C)N. The second-order valence-electron chi connectivity index (χ2n) is 9.61. The molecule has 1 atom stereocenters. The Hall–Kier alpha value is -1.95. The molecule has 0 spiro atoms. The predicted octanol–water partition coefficient (Wildman–Crippen LogP) is 7.34. The highest BCUT2D eigenvalue weighted by Crippen LogP contribution is 2.27. The van der Waals surface area contributed by atoms with Crippen LogP contribution in [0.2, 0.25) is 0 Å². The van der Waals surface area contributed by atoms with Crippen molar-refractivity contribution in [1.29, 1.82) is 0 Å². The number of carbonyl (C=O) groups is 1. The van der Waals surface area contributed by atoms with Crippen molar-refractivity contribution in [3.05, 3.63) is 34.4 Å². The van der Waals surface area contributed by atoms with Crippen LogP contribution in [0.25, 0.3) is 0 Å². The molecule has 0 radical (unpaired) electrons. The molecule has 1 aromatic rings. The van der Waals surface area contributed by atoms with Gasteiger partial charge in [0, 0.05) is 24.1 Å². The average Bonchev–Trinajstić information content (AvgIpc) is 2.73. The van der Waals surface area contributed by atoms with E-state index >= 15 is 0 Å². The Morgan fingerprint density at radius 1 is 0.938 bits per heavy atom. The Kier molecular flexibility index (Phi) is 13.9. The van der Waals surface area contributed by atoms with Gasteiger partial charge in [-0.25, -0.2) is 0 Å². The fourth-order valence-corrected chi connectivity index (χ4v) is 4.08. The number of benzene rings is 1. The van der Waals surface area contributed by atoms with Crippen LogP contribution in [0.5, 0.6) is 5.75 Å². The van der Waals surface area contributed by atoms with Gasteiger partial charge in [0.25, 0.3) is 5.69 Å². The number of nitro benzene ring substituents is 1. The van der Waals surface area contributed by atoms with Gasteiger partial charge in [-0.2, -0.15) is 0 Å². The monoisotopic (exact) mass is 448 g/mol. The van der Waals surface area contributed by atoms with Crippen molar-refractivity contribution >= 4 is 11.7 Å². The third kappa shape index (κ3) is 12.8. The van der Waals surface area contributed by atoms with Crippen LogP contribution in [0.15, 0.2) is 24.3 Å². The fourth-order valence-electron chi connectivity index (χ4n) is 4.08. The summed E-state index contributed by atoms with van der Waals surface area (Å²) in [6.07, 6.45) is 16.3. The van der Waals surface area contributed by atoms with Gasteiger partial charge in [-0.15, -0.1) is 0 Å². The van der Waals surface area contributed by atoms with Crippen LogP contribution in [0, 0.1) is 16.0 Å². The van der Waals surface area contributed by atoms with Crippen LogP contribution >= 0.6 is 0 Å². The van der Waals surface area contributed by atoms with E-state index in [1.54, 1.807) is 0 Å². The van der Waals surface area contributed by atoms with Crippen LogP contribution in [-0.2, 0) is 4.79 Å². The number of carbonyl (C=O) groups excluding carboxylic acids is 1. The maximum Gasteiger partial charge on any atom is 0.311 e. The van der Waals surface area contributed by atoms with Crippen LogP contribution in [0.3, 0.4) is 0 Å². The highest BCUT2D eigenvalue weighted by atomic mass is 16.6. The molecule has 0 bridgehead atoms. The second kappa shape index (κ2) is 15.8. The molecule has 1 unspecified atom stereocenters. The molecule has 0 heterocycles. The minimum absolute atomic E-state index is 0.0233. The highest BCUT2D eigenvalue weighted by Gasteiger charge is 2.24. The number of ether oxygens (including phenoxy) is 1. The smallest absolute Gasteiger partial charge is 0.311 e. The number of non-ortho nitro benzene ring substituents is 1. The fraction of sp³-hybridized carbons (Fsp3) is 0.731. The summed E-state index contributed by atoms with van der Waals surface area (Å²) >= 11 is 0. The number of hydrogen-bond donors (Lipinski definition) is 1. The predicted molar refractivity (Wildman–Crippen MR) is 131 cm³/mol.